The van der Waals surface area contributed by atoms with Gasteiger partial charge in [-0.1, -0.05) is 18.8 Å². The summed E-state index contributed by atoms with van der Waals surface area (Å²) in [7, 11) is 0. The van der Waals surface area contributed by atoms with E-state index in [1.165, 1.54) is 11.3 Å². The van der Waals surface area contributed by atoms with Gasteiger partial charge in [0.15, 0.2) is 0 Å². The van der Waals surface area contributed by atoms with Crippen LogP contribution in [0.25, 0.3) is 0 Å². The second kappa shape index (κ2) is 8.29. The second-order valence-corrected chi connectivity index (χ2v) is 4.65. The zero-order chi connectivity index (χ0) is 14.1. The van der Waals surface area contributed by atoms with Crippen LogP contribution in [0.2, 0.25) is 0 Å². The molecule has 0 bridgehead atoms. The average molecular weight is 279 g/mol. The van der Waals surface area contributed by atoms with Crippen LogP contribution in [0.4, 0.5) is 0 Å². The predicted octanol–water partition coefficient (Wildman–Crippen LogP) is 0.314. The van der Waals surface area contributed by atoms with Crippen molar-refractivity contribution in [3.8, 4) is 11.8 Å². The molecule has 1 rings (SSSR count). The van der Waals surface area contributed by atoms with Gasteiger partial charge >= 0.3 is 0 Å². The summed E-state index contributed by atoms with van der Waals surface area (Å²) in [6, 6.07) is 1.69. The highest BCUT2D eigenvalue weighted by molar-refractivity contribution is 7.10. The highest BCUT2D eigenvalue weighted by atomic mass is 32.1. The molecule has 0 aliphatic rings. The molecule has 0 fully saturated rings. The van der Waals surface area contributed by atoms with E-state index in [1.807, 2.05) is 6.92 Å². The first kappa shape index (κ1) is 15.2. The molecule has 0 saturated heterocycles. The zero-order valence-electron chi connectivity index (χ0n) is 10.8. The van der Waals surface area contributed by atoms with Crippen molar-refractivity contribution >= 4 is 23.2 Å². The molecule has 6 heteroatoms. The van der Waals surface area contributed by atoms with Gasteiger partial charge in [-0.05, 0) is 12.5 Å². The smallest absolute Gasteiger partial charge is 0.252 e. The number of hydrogen-bond donors (Lipinski definition) is 3. The highest BCUT2D eigenvalue weighted by Gasteiger charge is 2.09. The molecule has 0 radical (unpaired) electrons. The molecule has 2 amide bonds. The third kappa shape index (κ3) is 5.55. The first-order valence-corrected chi connectivity index (χ1v) is 6.87. The number of carbonyl (C=O) groups excluding carboxylic acids is 2. The second-order valence-electron chi connectivity index (χ2n) is 3.74. The predicted molar refractivity (Wildman–Crippen MR) is 75.9 cm³/mol. The van der Waals surface area contributed by atoms with Crippen molar-refractivity contribution in [2.45, 2.75) is 13.3 Å². The van der Waals surface area contributed by atoms with Crippen LogP contribution >= 0.6 is 11.3 Å². The fourth-order valence-electron chi connectivity index (χ4n) is 1.25. The van der Waals surface area contributed by atoms with Crippen molar-refractivity contribution in [2.24, 2.45) is 5.73 Å². The van der Waals surface area contributed by atoms with E-state index in [4.69, 9.17) is 5.73 Å². The summed E-state index contributed by atoms with van der Waals surface area (Å²) in [6.45, 7) is 2.86. The van der Waals surface area contributed by atoms with Gasteiger partial charge < -0.3 is 16.4 Å². The number of amides is 2. The molecule has 1 aromatic heterocycles. The van der Waals surface area contributed by atoms with Gasteiger partial charge in [-0.25, -0.2) is 0 Å². The molecule has 0 spiro atoms. The lowest BCUT2D eigenvalue weighted by atomic mass is 10.3. The summed E-state index contributed by atoms with van der Waals surface area (Å²) < 4.78 is 0. The largest absolute Gasteiger partial charge is 0.355 e. The Morgan fingerprint density at radius 1 is 1.42 bits per heavy atom. The molecule has 102 valence electrons. The minimum atomic E-state index is -0.274. The summed E-state index contributed by atoms with van der Waals surface area (Å²) in [5, 5.41) is 6.95. The van der Waals surface area contributed by atoms with Crippen molar-refractivity contribution < 1.29 is 9.59 Å². The van der Waals surface area contributed by atoms with Crippen LogP contribution in [0, 0.1) is 11.8 Å². The van der Waals surface area contributed by atoms with Gasteiger partial charge in [0.1, 0.15) is 0 Å². The Bertz CT molecular complexity index is 499. The fraction of sp³-hybridized carbons (Fsp3) is 0.385. The van der Waals surface area contributed by atoms with E-state index in [0.29, 0.717) is 12.1 Å². The average Bonchev–Trinajstić information content (AvgIpc) is 2.89. The maximum atomic E-state index is 11.8. The van der Waals surface area contributed by atoms with Crippen LogP contribution in [0.1, 0.15) is 28.6 Å². The summed E-state index contributed by atoms with van der Waals surface area (Å²) in [5.74, 6) is 5.12. The topological polar surface area (TPSA) is 84.2 Å². The van der Waals surface area contributed by atoms with Crippen molar-refractivity contribution in [3.63, 3.8) is 0 Å². The van der Waals surface area contributed by atoms with E-state index in [9.17, 15) is 9.59 Å². The first-order valence-electron chi connectivity index (χ1n) is 5.99. The number of carbonyl (C=O) groups is 2. The molecule has 0 saturated carbocycles. The van der Waals surface area contributed by atoms with Crippen molar-refractivity contribution in [1.29, 1.82) is 0 Å². The normalized spacial score (nSPS) is 9.37. The van der Waals surface area contributed by atoms with E-state index < -0.39 is 0 Å². The van der Waals surface area contributed by atoms with E-state index in [2.05, 4.69) is 22.5 Å². The van der Waals surface area contributed by atoms with Crippen molar-refractivity contribution in [3.05, 3.63) is 21.9 Å². The summed E-state index contributed by atoms with van der Waals surface area (Å²) in [4.78, 5) is 23.9. The monoisotopic (exact) mass is 279 g/mol. The Balaban J connectivity index is 2.45. The molecule has 0 atom stereocenters. The molecular weight excluding hydrogens is 262 g/mol. The maximum absolute atomic E-state index is 11.8. The molecule has 0 aliphatic heterocycles. The number of rotatable bonds is 5. The van der Waals surface area contributed by atoms with Crippen molar-refractivity contribution in [2.75, 3.05) is 19.6 Å². The third-order valence-corrected chi connectivity index (χ3v) is 3.00. The van der Waals surface area contributed by atoms with Crippen LogP contribution < -0.4 is 16.4 Å². The molecule has 0 aliphatic carbocycles. The van der Waals surface area contributed by atoms with Crippen molar-refractivity contribution in [1.82, 2.24) is 10.6 Å². The summed E-state index contributed by atoms with van der Waals surface area (Å²) in [5.41, 5.74) is 5.78. The van der Waals surface area contributed by atoms with Crippen LogP contribution in [-0.4, -0.2) is 31.4 Å². The van der Waals surface area contributed by atoms with Crippen LogP contribution in [0.3, 0.4) is 0 Å². The van der Waals surface area contributed by atoms with E-state index >= 15 is 0 Å². The first-order chi connectivity index (χ1) is 9.17. The van der Waals surface area contributed by atoms with Crippen LogP contribution in [0.5, 0.6) is 0 Å². The molecule has 4 N–H and O–H groups in total. The maximum Gasteiger partial charge on any atom is 0.252 e. The lowest BCUT2D eigenvalue weighted by Crippen LogP contribution is -2.37. The Morgan fingerprint density at radius 2 is 2.21 bits per heavy atom. The van der Waals surface area contributed by atoms with Gasteiger partial charge in [0.25, 0.3) is 5.91 Å². The van der Waals surface area contributed by atoms with Gasteiger partial charge in [0, 0.05) is 11.9 Å². The number of thiophene rings is 1. The number of nitrogens with two attached hydrogens (primary N) is 1. The van der Waals surface area contributed by atoms with E-state index in [-0.39, 0.29) is 24.9 Å². The molecular formula is C13H17N3O2S. The van der Waals surface area contributed by atoms with Gasteiger partial charge in [-0.2, -0.15) is 0 Å². The zero-order valence-corrected chi connectivity index (χ0v) is 11.6. The Morgan fingerprint density at radius 3 is 2.89 bits per heavy atom. The SMILES string of the molecule is CCCNC(=O)CNC(=O)c1csc(C#CCN)c1. The van der Waals surface area contributed by atoms with Gasteiger partial charge in [0.2, 0.25) is 5.91 Å². The van der Waals surface area contributed by atoms with Gasteiger partial charge in [-0.3, -0.25) is 9.59 Å². The molecule has 0 unspecified atom stereocenters. The third-order valence-electron chi connectivity index (χ3n) is 2.16. The molecule has 5 nitrogen and oxygen atoms in total. The lowest BCUT2D eigenvalue weighted by Gasteiger charge is -2.04. The van der Waals surface area contributed by atoms with E-state index in [0.717, 1.165) is 11.3 Å². The van der Waals surface area contributed by atoms with Crippen LogP contribution in [0.15, 0.2) is 11.4 Å². The molecule has 1 aromatic rings. The highest BCUT2D eigenvalue weighted by Crippen LogP contribution is 2.13. The Hall–Kier alpha value is -1.84. The minimum absolute atomic E-state index is 0.0154. The molecule has 19 heavy (non-hydrogen) atoms. The fourth-order valence-corrected chi connectivity index (χ4v) is 2.00. The van der Waals surface area contributed by atoms with E-state index in [1.54, 1.807) is 11.4 Å². The minimum Gasteiger partial charge on any atom is -0.355 e. The van der Waals surface area contributed by atoms with Crippen LogP contribution in [-0.2, 0) is 4.79 Å². The van der Waals surface area contributed by atoms with Gasteiger partial charge in [0.05, 0.1) is 23.5 Å². The standard InChI is InChI=1S/C13H17N3O2S/c1-2-6-15-12(17)8-16-13(18)10-7-11(19-9-10)4-3-5-14/h7,9H,2,5-6,8,14H2,1H3,(H,15,17)(H,16,18). The molecule has 0 aromatic carbocycles. The molecule has 1 heterocycles. The lowest BCUT2D eigenvalue weighted by molar-refractivity contribution is -0.120. The van der Waals surface area contributed by atoms with Gasteiger partial charge in [-0.15, -0.1) is 11.3 Å². The number of hydrogen-bond acceptors (Lipinski definition) is 4. The summed E-state index contributed by atoms with van der Waals surface area (Å²) in [6.07, 6.45) is 0.868. The number of nitrogens with one attached hydrogen (secondary N) is 2. The quantitative estimate of drug-likeness (QED) is 0.678. The Kier molecular flexibility index (Phi) is 6.64. The summed E-state index contributed by atoms with van der Waals surface area (Å²) >= 11 is 1.38. The Labute approximate surface area is 116 Å².